The van der Waals surface area contributed by atoms with Crippen LogP contribution in [0.4, 0.5) is 10.1 Å². The first kappa shape index (κ1) is 21.3. The lowest BCUT2D eigenvalue weighted by molar-refractivity contribution is 0.0299. The highest BCUT2D eigenvalue weighted by Crippen LogP contribution is 2.34. The van der Waals surface area contributed by atoms with Crippen molar-refractivity contribution in [3.8, 4) is 6.07 Å². The molecule has 4 rings (SSSR count). The lowest BCUT2D eigenvalue weighted by atomic mass is 9.95. The minimum atomic E-state index is -1.53. The van der Waals surface area contributed by atoms with Crippen molar-refractivity contribution in [3.63, 3.8) is 0 Å². The number of nitriles is 1. The van der Waals surface area contributed by atoms with Crippen molar-refractivity contribution in [2.75, 3.05) is 24.7 Å². The van der Waals surface area contributed by atoms with Crippen LogP contribution < -0.4 is 4.90 Å². The maximum atomic E-state index is 13.3. The summed E-state index contributed by atoms with van der Waals surface area (Å²) in [5.41, 5.74) is 1.29. The van der Waals surface area contributed by atoms with Gasteiger partial charge in [0.1, 0.15) is 12.3 Å². The van der Waals surface area contributed by atoms with Crippen LogP contribution in [0.1, 0.15) is 54.1 Å². The van der Waals surface area contributed by atoms with Crippen molar-refractivity contribution in [2.45, 2.75) is 50.3 Å². The fourth-order valence-electron chi connectivity index (χ4n) is 4.33. The molecular weight excluding hydrogens is 393 g/mol. The summed E-state index contributed by atoms with van der Waals surface area (Å²) in [6, 6.07) is 17.0. The molecule has 0 aromatic heterocycles. The maximum Gasteiger partial charge on any atom is 0.254 e. The van der Waals surface area contributed by atoms with Gasteiger partial charge in [-0.25, -0.2) is 4.39 Å². The lowest BCUT2D eigenvalue weighted by Crippen LogP contribution is -2.48. The zero-order valence-corrected chi connectivity index (χ0v) is 17.8. The molecule has 1 aliphatic carbocycles. The molecule has 1 saturated heterocycles. The van der Waals surface area contributed by atoms with Crippen molar-refractivity contribution < 1.29 is 14.3 Å². The second kappa shape index (κ2) is 8.68. The standard InChI is InChI=1S/C25H28FN3O2/c1-25(31,17-26)20-6-4-19(5-7-20)24(30)29(22-10-11-22)23-12-14-28(15-13-23)21-8-2-18(16-27)3-9-21/h2-9,22-23,31H,10-15,17H2,1H3/t25-/m1/s1. The van der Waals surface area contributed by atoms with Crippen molar-refractivity contribution >= 4 is 11.6 Å². The van der Waals surface area contributed by atoms with E-state index in [9.17, 15) is 14.3 Å². The number of alkyl halides is 1. The first-order chi connectivity index (χ1) is 14.9. The molecule has 0 spiro atoms. The van der Waals surface area contributed by atoms with Gasteiger partial charge in [0, 0.05) is 36.4 Å². The van der Waals surface area contributed by atoms with Crippen LogP contribution in [0, 0.1) is 11.3 Å². The van der Waals surface area contributed by atoms with Crippen LogP contribution in [-0.4, -0.2) is 47.8 Å². The molecule has 2 aliphatic rings. The third-order valence-electron chi connectivity index (χ3n) is 6.41. The SMILES string of the molecule is C[C@@](O)(CF)c1ccc(C(=O)N(C2CC2)C2CCN(c3ccc(C#N)cc3)CC2)cc1. The van der Waals surface area contributed by atoms with E-state index in [1.165, 1.54) is 6.92 Å². The first-order valence-electron chi connectivity index (χ1n) is 10.9. The summed E-state index contributed by atoms with van der Waals surface area (Å²) in [7, 11) is 0. The summed E-state index contributed by atoms with van der Waals surface area (Å²) in [5.74, 6) is 0.0192. The van der Waals surface area contributed by atoms with Crippen molar-refractivity contribution in [2.24, 2.45) is 0 Å². The monoisotopic (exact) mass is 421 g/mol. The van der Waals surface area contributed by atoms with Crippen LogP contribution in [-0.2, 0) is 5.60 Å². The Morgan fingerprint density at radius 2 is 1.68 bits per heavy atom. The molecule has 0 unspecified atom stereocenters. The molecule has 2 aromatic rings. The van der Waals surface area contributed by atoms with E-state index in [2.05, 4.69) is 15.9 Å². The summed E-state index contributed by atoms with van der Waals surface area (Å²) >= 11 is 0. The molecular formula is C25H28FN3O2. The number of rotatable bonds is 6. The van der Waals surface area contributed by atoms with E-state index in [0.29, 0.717) is 22.7 Å². The number of hydrogen-bond donors (Lipinski definition) is 1. The number of piperidine rings is 1. The molecule has 2 aromatic carbocycles. The maximum absolute atomic E-state index is 13.3. The summed E-state index contributed by atoms with van der Waals surface area (Å²) in [6.07, 6.45) is 3.88. The third-order valence-corrected chi connectivity index (χ3v) is 6.41. The average Bonchev–Trinajstić information content (AvgIpc) is 3.65. The molecule has 1 atom stereocenters. The molecule has 162 valence electrons. The largest absolute Gasteiger partial charge is 0.383 e. The molecule has 31 heavy (non-hydrogen) atoms. The molecule has 5 nitrogen and oxygen atoms in total. The van der Waals surface area contributed by atoms with E-state index in [1.54, 1.807) is 24.3 Å². The Bertz CT molecular complexity index is 954. The van der Waals surface area contributed by atoms with Gasteiger partial charge in [0.25, 0.3) is 5.91 Å². The normalized spacial score (nSPS) is 18.8. The zero-order valence-electron chi connectivity index (χ0n) is 17.8. The second-order valence-corrected chi connectivity index (χ2v) is 8.81. The number of halogens is 1. The fourth-order valence-corrected chi connectivity index (χ4v) is 4.33. The van der Waals surface area contributed by atoms with E-state index in [0.717, 1.165) is 44.5 Å². The smallest absolute Gasteiger partial charge is 0.254 e. The molecule has 1 aliphatic heterocycles. The predicted molar refractivity (Wildman–Crippen MR) is 118 cm³/mol. The minimum absolute atomic E-state index is 0.0192. The molecule has 1 N–H and O–H groups in total. The summed E-state index contributed by atoms with van der Waals surface area (Å²) in [6.45, 7) is 2.30. The van der Waals surface area contributed by atoms with Gasteiger partial charge in [-0.3, -0.25) is 4.79 Å². The summed E-state index contributed by atoms with van der Waals surface area (Å²) < 4.78 is 13.0. The van der Waals surface area contributed by atoms with Gasteiger partial charge >= 0.3 is 0 Å². The Morgan fingerprint density at radius 3 is 2.19 bits per heavy atom. The molecule has 0 radical (unpaired) electrons. The highest BCUT2D eigenvalue weighted by Gasteiger charge is 2.39. The van der Waals surface area contributed by atoms with Gasteiger partial charge in [0.2, 0.25) is 0 Å². The van der Waals surface area contributed by atoms with Gasteiger partial charge in [-0.2, -0.15) is 5.26 Å². The Kier molecular flexibility index (Phi) is 5.97. The van der Waals surface area contributed by atoms with Crippen molar-refractivity contribution in [1.82, 2.24) is 4.90 Å². The third kappa shape index (κ3) is 4.57. The van der Waals surface area contributed by atoms with Gasteiger partial charge in [-0.15, -0.1) is 0 Å². The van der Waals surface area contributed by atoms with Gasteiger partial charge in [-0.05, 0) is 74.6 Å². The number of amides is 1. The highest BCUT2D eigenvalue weighted by molar-refractivity contribution is 5.95. The topological polar surface area (TPSA) is 67.6 Å². The van der Waals surface area contributed by atoms with Gasteiger partial charge in [0.05, 0.1) is 11.6 Å². The Balaban J connectivity index is 1.44. The Labute approximate surface area is 182 Å². The van der Waals surface area contributed by atoms with Crippen LogP contribution in [0.2, 0.25) is 0 Å². The zero-order chi connectivity index (χ0) is 22.0. The van der Waals surface area contributed by atoms with Gasteiger partial charge < -0.3 is 14.9 Å². The molecule has 0 bridgehead atoms. The average molecular weight is 422 g/mol. The Hall–Kier alpha value is -2.91. The van der Waals surface area contributed by atoms with Crippen LogP contribution in [0.3, 0.4) is 0 Å². The number of carbonyl (C=O) groups is 1. The van der Waals surface area contributed by atoms with E-state index in [4.69, 9.17) is 5.26 Å². The minimum Gasteiger partial charge on any atom is -0.383 e. The predicted octanol–water partition coefficient (Wildman–Crippen LogP) is 4.01. The number of carbonyl (C=O) groups excluding carboxylic acids is 1. The second-order valence-electron chi connectivity index (χ2n) is 8.81. The van der Waals surface area contributed by atoms with Gasteiger partial charge in [-0.1, -0.05) is 12.1 Å². The van der Waals surface area contributed by atoms with E-state index >= 15 is 0 Å². The highest BCUT2D eigenvalue weighted by atomic mass is 19.1. The Morgan fingerprint density at radius 1 is 1.10 bits per heavy atom. The van der Waals surface area contributed by atoms with E-state index in [-0.39, 0.29) is 11.9 Å². The quantitative estimate of drug-likeness (QED) is 0.765. The number of hydrogen-bond acceptors (Lipinski definition) is 4. The van der Waals surface area contributed by atoms with E-state index < -0.39 is 12.3 Å². The molecule has 2 fully saturated rings. The van der Waals surface area contributed by atoms with Crippen molar-refractivity contribution in [1.29, 1.82) is 5.26 Å². The number of anilines is 1. The molecule has 6 heteroatoms. The number of benzene rings is 2. The van der Waals surface area contributed by atoms with Crippen molar-refractivity contribution in [3.05, 3.63) is 65.2 Å². The van der Waals surface area contributed by atoms with Crippen LogP contribution in [0.25, 0.3) is 0 Å². The first-order valence-corrected chi connectivity index (χ1v) is 10.9. The van der Waals surface area contributed by atoms with E-state index in [1.807, 2.05) is 24.3 Å². The van der Waals surface area contributed by atoms with Crippen LogP contribution in [0.5, 0.6) is 0 Å². The molecule has 1 amide bonds. The summed E-state index contributed by atoms with van der Waals surface area (Å²) in [5, 5.41) is 19.1. The molecule has 1 heterocycles. The number of nitrogens with zero attached hydrogens (tertiary/aromatic N) is 3. The summed E-state index contributed by atoms with van der Waals surface area (Å²) in [4.78, 5) is 17.7. The fraction of sp³-hybridized carbons (Fsp3) is 0.440. The number of aliphatic hydroxyl groups is 1. The molecule has 1 saturated carbocycles. The van der Waals surface area contributed by atoms with Crippen LogP contribution in [0.15, 0.2) is 48.5 Å². The lowest BCUT2D eigenvalue weighted by Gasteiger charge is -2.40. The van der Waals surface area contributed by atoms with Gasteiger partial charge in [0.15, 0.2) is 0 Å². The van der Waals surface area contributed by atoms with Crippen LogP contribution >= 0.6 is 0 Å².